The van der Waals surface area contributed by atoms with E-state index in [2.05, 4.69) is 19.8 Å². The fourth-order valence-corrected chi connectivity index (χ4v) is 5.16. The molecule has 0 spiro atoms. The van der Waals surface area contributed by atoms with Gasteiger partial charge in [0, 0.05) is 30.4 Å². The third kappa shape index (κ3) is 4.88. The molecular formula is C24H26N4O4S. The van der Waals surface area contributed by atoms with Crippen molar-refractivity contribution in [2.45, 2.75) is 30.6 Å². The van der Waals surface area contributed by atoms with Crippen LogP contribution in [0.25, 0.3) is 11.3 Å². The van der Waals surface area contributed by atoms with E-state index in [0.29, 0.717) is 36.1 Å². The van der Waals surface area contributed by atoms with Crippen molar-refractivity contribution in [2.75, 3.05) is 35.9 Å². The molecule has 0 atom stereocenters. The minimum atomic E-state index is -3.80. The van der Waals surface area contributed by atoms with Gasteiger partial charge in [-0.25, -0.2) is 8.42 Å². The Morgan fingerprint density at radius 1 is 0.818 bits per heavy atom. The van der Waals surface area contributed by atoms with Crippen LogP contribution in [0, 0.1) is 0 Å². The Balaban J connectivity index is 1.34. The van der Waals surface area contributed by atoms with Gasteiger partial charge in [-0.05, 0) is 49.2 Å². The average Bonchev–Trinajstić information content (AvgIpc) is 3.13. The molecule has 2 aliphatic rings. The molecule has 1 aromatic heterocycles. The van der Waals surface area contributed by atoms with Crippen molar-refractivity contribution in [1.29, 1.82) is 0 Å². The van der Waals surface area contributed by atoms with E-state index in [0.717, 1.165) is 24.5 Å². The molecule has 3 aromatic rings. The van der Waals surface area contributed by atoms with Crippen LogP contribution in [0.5, 0.6) is 11.5 Å². The molecule has 0 saturated carbocycles. The summed E-state index contributed by atoms with van der Waals surface area (Å²) in [7, 11) is -3.80. The standard InChI is InChI=1S/C24H26N4O4S/c29-33(30,20-8-10-22-23(17-20)32-15-14-31-22)27-19-7-5-6-18(16-19)21-9-11-24(26-25-21)28-12-3-1-2-4-13-28/h5-11,16-17,27H,1-4,12-15H2. The largest absolute Gasteiger partial charge is 0.486 e. The number of anilines is 2. The lowest BCUT2D eigenvalue weighted by Crippen LogP contribution is -2.25. The van der Waals surface area contributed by atoms with Crippen LogP contribution in [0.3, 0.4) is 0 Å². The molecule has 0 bridgehead atoms. The fourth-order valence-electron chi connectivity index (χ4n) is 4.09. The number of hydrogen-bond donors (Lipinski definition) is 1. The number of nitrogens with one attached hydrogen (secondary N) is 1. The van der Waals surface area contributed by atoms with Crippen LogP contribution in [0.4, 0.5) is 11.5 Å². The highest BCUT2D eigenvalue weighted by atomic mass is 32.2. The normalized spacial score (nSPS) is 16.2. The highest BCUT2D eigenvalue weighted by molar-refractivity contribution is 7.92. The lowest BCUT2D eigenvalue weighted by atomic mass is 10.1. The first-order chi connectivity index (χ1) is 16.1. The summed E-state index contributed by atoms with van der Waals surface area (Å²) >= 11 is 0. The molecule has 33 heavy (non-hydrogen) atoms. The first-order valence-electron chi connectivity index (χ1n) is 11.2. The van der Waals surface area contributed by atoms with E-state index in [1.807, 2.05) is 18.2 Å². The highest BCUT2D eigenvalue weighted by Crippen LogP contribution is 2.33. The van der Waals surface area contributed by atoms with Crippen LogP contribution in [0.1, 0.15) is 25.7 Å². The average molecular weight is 467 g/mol. The van der Waals surface area contributed by atoms with Gasteiger partial charge in [0.1, 0.15) is 13.2 Å². The molecular weight excluding hydrogens is 440 g/mol. The van der Waals surface area contributed by atoms with E-state index in [1.165, 1.54) is 37.8 Å². The van der Waals surface area contributed by atoms with Crippen LogP contribution in [0.2, 0.25) is 0 Å². The van der Waals surface area contributed by atoms with Crippen molar-refractivity contribution in [3.8, 4) is 22.8 Å². The fraction of sp³-hybridized carbons (Fsp3) is 0.333. The van der Waals surface area contributed by atoms with Gasteiger partial charge in [0.15, 0.2) is 17.3 Å². The lowest BCUT2D eigenvalue weighted by molar-refractivity contribution is 0.171. The number of nitrogens with zero attached hydrogens (tertiary/aromatic N) is 3. The van der Waals surface area contributed by atoms with E-state index in [-0.39, 0.29) is 4.90 Å². The van der Waals surface area contributed by atoms with E-state index in [1.54, 1.807) is 24.3 Å². The maximum Gasteiger partial charge on any atom is 0.262 e. The number of fused-ring (bicyclic) bond motifs is 1. The molecule has 9 heteroatoms. The van der Waals surface area contributed by atoms with E-state index < -0.39 is 10.0 Å². The molecule has 0 unspecified atom stereocenters. The number of benzene rings is 2. The first-order valence-corrected chi connectivity index (χ1v) is 12.7. The van der Waals surface area contributed by atoms with Crippen molar-refractivity contribution >= 4 is 21.5 Å². The zero-order valence-electron chi connectivity index (χ0n) is 18.2. The summed E-state index contributed by atoms with van der Waals surface area (Å²) in [5.41, 5.74) is 1.92. The summed E-state index contributed by atoms with van der Waals surface area (Å²) in [4.78, 5) is 2.39. The summed E-state index contributed by atoms with van der Waals surface area (Å²) < 4.78 is 39.5. The maximum absolute atomic E-state index is 12.9. The summed E-state index contributed by atoms with van der Waals surface area (Å²) in [6, 6.07) is 15.7. The van der Waals surface area contributed by atoms with E-state index >= 15 is 0 Å². The SMILES string of the molecule is O=S(=O)(Nc1cccc(-c2ccc(N3CCCCCC3)nn2)c1)c1ccc2c(c1)OCCO2. The van der Waals surface area contributed by atoms with Crippen molar-refractivity contribution in [2.24, 2.45) is 0 Å². The third-order valence-electron chi connectivity index (χ3n) is 5.82. The molecule has 2 aromatic carbocycles. The zero-order valence-corrected chi connectivity index (χ0v) is 19.1. The predicted octanol–water partition coefficient (Wildman–Crippen LogP) is 4.10. The molecule has 1 fully saturated rings. The quantitative estimate of drug-likeness (QED) is 0.605. The van der Waals surface area contributed by atoms with Crippen molar-refractivity contribution in [1.82, 2.24) is 10.2 Å². The number of ether oxygens (including phenoxy) is 2. The van der Waals surface area contributed by atoms with Gasteiger partial charge in [-0.2, -0.15) is 0 Å². The lowest BCUT2D eigenvalue weighted by Gasteiger charge is -2.20. The minimum Gasteiger partial charge on any atom is -0.486 e. The summed E-state index contributed by atoms with van der Waals surface area (Å²) in [5.74, 6) is 1.86. The summed E-state index contributed by atoms with van der Waals surface area (Å²) in [6.45, 7) is 2.85. The van der Waals surface area contributed by atoms with Crippen LogP contribution >= 0.6 is 0 Å². The minimum absolute atomic E-state index is 0.110. The second kappa shape index (κ2) is 9.27. The van der Waals surface area contributed by atoms with E-state index in [9.17, 15) is 8.42 Å². The van der Waals surface area contributed by atoms with Gasteiger partial charge in [-0.1, -0.05) is 25.0 Å². The summed E-state index contributed by atoms with van der Waals surface area (Å²) in [6.07, 6.45) is 4.87. The van der Waals surface area contributed by atoms with Gasteiger partial charge in [0.05, 0.1) is 10.6 Å². The molecule has 5 rings (SSSR count). The van der Waals surface area contributed by atoms with E-state index in [4.69, 9.17) is 9.47 Å². The predicted molar refractivity (Wildman–Crippen MR) is 126 cm³/mol. The zero-order chi connectivity index (χ0) is 22.7. The Bertz CT molecular complexity index is 1220. The molecule has 0 radical (unpaired) electrons. The molecule has 0 aliphatic carbocycles. The molecule has 1 N–H and O–H groups in total. The molecule has 8 nitrogen and oxygen atoms in total. The maximum atomic E-state index is 12.9. The van der Waals surface area contributed by atoms with Crippen molar-refractivity contribution in [3.05, 3.63) is 54.6 Å². The Morgan fingerprint density at radius 2 is 1.61 bits per heavy atom. The number of aromatic nitrogens is 2. The number of hydrogen-bond acceptors (Lipinski definition) is 7. The van der Waals surface area contributed by atoms with Gasteiger partial charge in [0.2, 0.25) is 0 Å². The second-order valence-corrected chi connectivity index (χ2v) is 9.85. The molecule has 2 aliphatic heterocycles. The highest BCUT2D eigenvalue weighted by Gasteiger charge is 2.20. The topological polar surface area (TPSA) is 93.7 Å². The monoisotopic (exact) mass is 466 g/mol. The second-order valence-electron chi connectivity index (χ2n) is 8.17. The third-order valence-corrected chi connectivity index (χ3v) is 7.19. The van der Waals surface area contributed by atoms with Crippen LogP contribution < -0.4 is 19.1 Å². The Morgan fingerprint density at radius 3 is 2.36 bits per heavy atom. The van der Waals surface area contributed by atoms with Crippen molar-refractivity contribution < 1.29 is 17.9 Å². The van der Waals surface area contributed by atoms with Gasteiger partial charge >= 0.3 is 0 Å². The number of rotatable bonds is 5. The molecule has 1 saturated heterocycles. The summed E-state index contributed by atoms with van der Waals surface area (Å²) in [5, 5.41) is 8.82. The van der Waals surface area contributed by atoms with Gasteiger partial charge in [-0.15, -0.1) is 10.2 Å². The first kappa shape index (κ1) is 21.5. The smallest absolute Gasteiger partial charge is 0.262 e. The Labute approximate surface area is 193 Å². The number of sulfonamides is 1. The van der Waals surface area contributed by atoms with Crippen LogP contribution in [-0.4, -0.2) is 44.9 Å². The van der Waals surface area contributed by atoms with Crippen molar-refractivity contribution in [3.63, 3.8) is 0 Å². The van der Waals surface area contributed by atoms with Gasteiger partial charge in [-0.3, -0.25) is 4.72 Å². The Kier molecular flexibility index (Phi) is 6.04. The Hall–Kier alpha value is -3.33. The van der Waals surface area contributed by atoms with Gasteiger partial charge in [0.25, 0.3) is 10.0 Å². The molecule has 0 amide bonds. The van der Waals surface area contributed by atoms with Gasteiger partial charge < -0.3 is 14.4 Å². The van der Waals surface area contributed by atoms with Crippen LogP contribution in [0.15, 0.2) is 59.5 Å². The molecule has 172 valence electrons. The molecule has 3 heterocycles. The van der Waals surface area contributed by atoms with Crippen LogP contribution in [-0.2, 0) is 10.0 Å².